The molecule has 26 heavy (non-hydrogen) atoms. The van der Waals surface area contributed by atoms with Gasteiger partial charge in [-0.1, -0.05) is 47.6 Å². The molecule has 0 radical (unpaired) electrons. The number of benzene rings is 2. The van der Waals surface area contributed by atoms with Crippen LogP contribution < -0.4 is 4.18 Å². The fourth-order valence-electron chi connectivity index (χ4n) is 2.13. The van der Waals surface area contributed by atoms with Gasteiger partial charge in [0.25, 0.3) is 0 Å². The van der Waals surface area contributed by atoms with Gasteiger partial charge in [0, 0.05) is 10.8 Å². The molecule has 0 aliphatic carbocycles. The van der Waals surface area contributed by atoms with E-state index in [0.29, 0.717) is 15.9 Å². The Morgan fingerprint density at radius 1 is 1.19 bits per heavy atom. The molecule has 1 aromatic heterocycles. The zero-order valence-corrected chi connectivity index (χ0v) is 16.3. The number of hydrogen-bond acceptors (Lipinski definition) is 6. The summed E-state index contributed by atoms with van der Waals surface area (Å²) < 4.78 is 31.0. The van der Waals surface area contributed by atoms with E-state index in [0.717, 1.165) is 11.3 Å². The van der Waals surface area contributed by atoms with Crippen LogP contribution >= 0.6 is 23.4 Å². The first-order valence-electron chi connectivity index (χ1n) is 7.71. The van der Waals surface area contributed by atoms with Crippen LogP contribution in [0.15, 0.2) is 60.0 Å². The van der Waals surface area contributed by atoms with Crippen molar-refractivity contribution in [2.75, 3.05) is 11.5 Å². The number of hydrogen-bond donors (Lipinski definition) is 0. The molecule has 3 aromatic rings. The molecular weight excluding hydrogens is 394 g/mol. The molecule has 0 N–H and O–H groups in total. The monoisotopic (exact) mass is 409 g/mol. The summed E-state index contributed by atoms with van der Waals surface area (Å²) in [6.07, 6.45) is 1.57. The van der Waals surface area contributed by atoms with E-state index in [1.165, 1.54) is 11.8 Å². The summed E-state index contributed by atoms with van der Waals surface area (Å²) in [7, 11) is -3.68. The minimum atomic E-state index is -3.68. The molecule has 1 heterocycles. The van der Waals surface area contributed by atoms with Gasteiger partial charge in [-0.05, 0) is 36.8 Å². The fraction of sp³-hybridized carbons (Fsp3) is 0.176. The van der Waals surface area contributed by atoms with Gasteiger partial charge in [0.05, 0.1) is 11.4 Å². The predicted molar refractivity (Wildman–Crippen MR) is 103 cm³/mol. The molecule has 0 saturated carbocycles. The van der Waals surface area contributed by atoms with Crippen LogP contribution in [0.3, 0.4) is 0 Å². The van der Waals surface area contributed by atoms with E-state index < -0.39 is 10.1 Å². The third-order valence-corrected chi connectivity index (χ3v) is 6.24. The Morgan fingerprint density at radius 3 is 2.69 bits per heavy atom. The lowest BCUT2D eigenvalue weighted by molar-refractivity contribution is 0.488. The summed E-state index contributed by atoms with van der Waals surface area (Å²) in [5.41, 5.74) is 1.79. The van der Waals surface area contributed by atoms with Crippen LogP contribution in [0.25, 0.3) is 5.69 Å². The highest BCUT2D eigenvalue weighted by molar-refractivity contribution is 8.00. The summed E-state index contributed by atoms with van der Waals surface area (Å²) in [5, 5.41) is 9.17. The molecule has 136 valence electrons. The van der Waals surface area contributed by atoms with Crippen LogP contribution in [0.5, 0.6) is 5.75 Å². The van der Waals surface area contributed by atoms with Gasteiger partial charge in [-0.3, -0.25) is 4.57 Å². The standard InChI is InChI=1S/C17H16ClN3O3S2/c1-13-7-8-14(11-16(13)18)21-12-19-20-17(21)25-9-10-26(22,23)24-15-5-3-2-4-6-15/h2-8,11-12H,9-10H2,1H3. The lowest BCUT2D eigenvalue weighted by Gasteiger charge is -2.09. The molecule has 0 fully saturated rings. The lowest BCUT2D eigenvalue weighted by Crippen LogP contribution is -2.15. The van der Waals surface area contributed by atoms with E-state index in [2.05, 4.69) is 10.2 Å². The summed E-state index contributed by atoms with van der Waals surface area (Å²) in [6, 6.07) is 14.1. The molecule has 0 aliphatic heterocycles. The maximum absolute atomic E-state index is 12.1. The molecule has 0 spiro atoms. The molecule has 0 aliphatic rings. The number of para-hydroxylation sites is 1. The molecular formula is C17H16ClN3O3S2. The minimum Gasteiger partial charge on any atom is -0.382 e. The Labute approximate surface area is 161 Å². The summed E-state index contributed by atoms with van der Waals surface area (Å²) in [6.45, 7) is 1.92. The van der Waals surface area contributed by atoms with Crippen LogP contribution in [0.2, 0.25) is 5.02 Å². The van der Waals surface area contributed by atoms with Crippen molar-refractivity contribution in [3.63, 3.8) is 0 Å². The van der Waals surface area contributed by atoms with Crippen molar-refractivity contribution in [3.05, 3.63) is 65.4 Å². The predicted octanol–water partition coefficient (Wildman–Crippen LogP) is 3.73. The zero-order chi connectivity index (χ0) is 18.6. The third kappa shape index (κ3) is 4.78. The largest absolute Gasteiger partial charge is 0.382 e. The van der Waals surface area contributed by atoms with Crippen molar-refractivity contribution in [2.24, 2.45) is 0 Å². The van der Waals surface area contributed by atoms with E-state index in [9.17, 15) is 8.42 Å². The highest BCUT2D eigenvalue weighted by Gasteiger charge is 2.15. The maximum Gasteiger partial charge on any atom is 0.310 e. The van der Waals surface area contributed by atoms with Crippen molar-refractivity contribution < 1.29 is 12.6 Å². The van der Waals surface area contributed by atoms with Crippen LogP contribution in [-0.4, -0.2) is 34.7 Å². The smallest absolute Gasteiger partial charge is 0.310 e. The van der Waals surface area contributed by atoms with E-state index in [4.69, 9.17) is 15.8 Å². The van der Waals surface area contributed by atoms with Crippen molar-refractivity contribution >= 4 is 33.5 Å². The second-order valence-corrected chi connectivity index (χ2v) is 8.58. The fourth-order valence-corrected chi connectivity index (χ4v) is 4.52. The van der Waals surface area contributed by atoms with Crippen molar-refractivity contribution in [1.29, 1.82) is 0 Å². The first-order valence-corrected chi connectivity index (χ1v) is 10.7. The van der Waals surface area contributed by atoms with Crippen molar-refractivity contribution in [2.45, 2.75) is 12.1 Å². The summed E-state index contributed by atoms with van der Waals surface area (Å²) in [4.78, 5) is 0. The van der Waals surface area contributed by atoms with E-state index >= 15 is 0 Å². The average Bonchev–Trinajstić information content (AvgIpc) is 3.06. The zero-order valence-electron chi connectivity index (χ0n) is 13.9. The molecule has 6 nitrogen and oxygen atoms in total. The average molecular weight is 410 g/mol. The molecule has 0 amide bonds. The van der Waals surface area contributed by atoms with E-state index in [1.54, 1.807) is 41.2 Å². The van der Waals surface area contributed by atoms with Gasteiger partial charge in [-0.15, -0.1) is 10.2 Å². The highest BCUT2D eigenvalue weighted by atomic mass is 35.5. The number of halogens is 1. The Bertz CT molecular complexity index is 991. The topological polar surface area (TPSA) is 74.1 Å². The maximum atomic E-state index is 12.1. The van der Waals surface area contributed by atoms with Crippen LogP contribution in [-0.2, 0) is 10.1 Å². The number of nitrogens with zero attached hydrogens (tertiary/aromatic N) is 3. The molecule has 0 bridgehead atoms. The number of rotatable bonds is 7. The Balaban J connectivity index is 1.64. The summed E-state index contributed by atoms with van der Waals surface area (Å²) in [5.74, 6) is 0.441. The van der Waals surface area contributed by atoms with Crippen LogP contribution in [0.4, 0.5) is 0 Å². The molecule has 0 atom stereocenters. The van der Waals surface area contributed by atoms with Gasteiger partial charge >= 0.3 is 10.1 Å². The Morgan fingerprint density at radius 2 is 1.96 bits per heavy atom. The summed E-state index contributed by atoms with van der Waals surface area (Å²) >= 11 is 7.45. The van der Waals surface area contributed by atoms with Crippen molar-refractivity contribution in [1.82, 2.24) is 14.8 Å². The number of aromatic nitrogens is 3. The second-order valence-electron chi connectivity index (χ2n) is 5.42. The number of thioether (sulfide) groups is 1. The highest BCUT2D eigenvalue weighted by Crippen LogP contribution is 2.24. The first kappa shape index (κ1) is 18.8. The SMILES string of the molecule is Cc1ccc(-n2cnnc2SCCS(=O)(=O)Oc2ccccc2)cc1Cl. The Hall–Kier alpha value is -2.03. The van der Waals surface area contributed by atoms with Gasteiger partial charge in [-0.2, -0.15) is 8.42 Å². The normalized spacial score (nSPS) is 11.5. The van der Waals surface area contributed by atoms with Gasteiger partial charge < -0.3 is 4.18 Å². The minimum absolute atomic E-state index is 0.145. The van der Waals surface area contributed by atoms with Gasteiger partial charge in [0.1, 0.15) is 12.1 Å². The van der Waals surface area contributed by atoms with Crippen LogP contribution in [0, 0.1) is 6.92 Å². The molecule has 9 heteroatoms. The second kappa shape index (κ2) is 8.11. The molecule has 3 rings (SSSR count). The van der Waals surface area contributed by atoms with E-state index in [1.807, 2.05) is 25.1 Å². The van der Waals surface area contributed by atoms with Gasteiger partial charge in [0.15, 0.2) is 5.16 Å². The van der Waals surface area contributed by atoms with Gasteiger partial charge in [-0.25, -0.2) is 0 Å². The Kier molecular flexibility index (Phi) is 5.85. The third-order valence-electron chi connectivity index (χ3n) is 3.48. The molecule has 2 aromatic carbocycles. The lowest BCUT2D eigenvalue weighted by atomic mass is 10.2. The van der Waals surface area contributed by atoms with E-state index in [-0.39, 0.29) is 11.5 Å². The molecule has 0 unspecified atom stereocenters. The first-order chi connectivity index (χ1) is 12.4. The number of aryl methyl sites for hydroxylation is 1. The van der Waals surface area contributed by atoms with Crippen LogP contribution in [0.1, 0.15) is 5.56 Å². The molecule has 0 saturated heterocycles. The quantitative estimate of drug-likeness (QED) is 0.437. The van der Waals surface area contributed by atoms with Gasteiger partial charge in [0.2, 0.25) is 0 Å². The van der Waals surface area contributed by atoms with Crippen molar-refractivity contribution in [3.8, 4) is 11.4 Å².